The van der Waals surface area contributed by atoms with Crippen molar-refractivity contribution in [2.45, 2.75) is 20.8 Å². The van der Waals surface area contributed by atoms with Crippen LogP contribution >= 0.6 is 15.9 Å². The standard InChI is InChI=1S/C14H16BrN3/c1-4-16-14-12(15)8-17-13(18-14)11-6-5-9(2)7-10(11)3/h5-8H,4H2,1-3H3,(H,16,17,18). The molecule has 1 aromatic heterocycles. The zero-order valence-corrected chi connectivity index (χ0v) is 12.4. The van der Waals surface area contributed by atoms with Crippen LogP contribution in [-0.4, -0.2) is 16.5 Å². The van der Waals surface area contributed by atoms with Crippen LogP contribution < -0.4 is 5.32 Å². The van der Waals surface area contributed by atoms with E-state index < -0.39 is 0 Å². The Balaban J connectivity index is 2.47. The number of hydrogen-bond donors (Lipinski definition) is 1. The maximum absolute atomic E-state index is 4.55. The summed E-state index contributed by atoms with van der Waals surface area (Å²) in [6, 6.07) is 6.30. The number of hydrogen-bond acceptors (Lipinski definition) is 3. The number of anilines is 1. The molecular formula is C14H16BrN3. The van der Waals surface area contributed by atoms with E-state index in [9.17, 15) is 0 Å². The van der Waals surface area contributed by atoms with Crippen molar-refractivity contribution in [2.75, 3.05) is 11.9 Å². The largest absolute Gasteiger partial charge is 0.369 e. The van der Waals surface area contributed by atoms with Gasteiger partial charge in [-0.15, -0.1) is 0 Å². The summed E-state index contributed by atoms with van der Waals surface area (Å²) in [6.07, 6.45) is 1.79. The SMILES string of the molecule is CCNc1nc(-c2ccc(C)cc2C)ncc1Br. The number of aryl methyl sites for hydroxylation is 2. The van der Waals surface area contributed by atoms with Crippen molar-refractivity contribution in [2.24, 2.45) is 0 Å². The van der Waals surface area contributed by atoms with Crippen LogP contribution in [0.4, 0.5) is 5.82 Å². The minimum absolute atomic E-state index is 0.756. The average molecular weight is 306 g/mol. The Kier molecular flexibility index (Phi) is 3.97. The molecule has 0 aliphatic rings. The molecule has 0 amide bonds. The fourth-order valence-corrected chi connectivity index (χ4v) is 2.18. The predicted octanol–water partition coefficient (Wildman–Crippen LogP) is 3.95. The second-order valence-corrected chi connectivity index (χ2v) is 5.09. The Hall–Kier alpha value is -1.42. The Labute approximate surface area is 116 Å². The lowest BCUT2D eigenvalue weighted by atomic mass is 10.1. The van der Waals surface area contributed by atoms with Crippen LogP contribution in [0.25, 0.3) is 11.4 Å². The van der Waals surface area contributed by atoms with Gasteiger partial charge < -0.3 is 5.32 Å². The summed E-state index contributed by atoms with van der Waals surface area (Å²) in [5.74, 6) is 1.59. The number of rotatable bonds is 3. The fourth-order valence-electron chi connectivity index (χ4n) is 1.85. The highest BCUT2D eigenvalue weighted by atomic mass is 79.9. The Bertz CT molecular complexity index is 567. The molecule has 94 valence electrons. The van der Waals surface area contributed by atoms with Gasteiger partial charge in [0.1, 0.15) is 5.82 Å². The molecule has 0 unspecified atom stereocenters. The molecule has 1 aromatic carbocycles. The molecule has 1 N–H and O–H groups in total. The monoisotopic (exact) mass is 305 g/mol. The average Bonchev–Trinajstić information content (AvgIpc) is 2.33. The Morgan fingerprint density at radius 1 is 1.28 bits per heavy atom. The van der Waals surface area contributed by atoms with E-state index in [4.69, 9.17) is 0 Å². The van der Waals surface area contributed by atoms with Crippen molar-refractivity contribution in [3.05, 3.63) is 40.0 Å². The number of nitrogens with one attached hydrogen (secondary N) is 1. The van der Waals surface area contributed by atoms with E-state index in [0.29, 0.717) is 0 Å². The third-order valence-electron chi connectivity index (χ3n) is 2.71. The van der Waals surface area contributed by atoms with Crippen LogP contribution in [0, 0.1) is 13.8 Å². The van der Waals surface area contributed by atoms with E-state index in [2.05, 4.69) is 63.3 Å². The highest BCUT2D eigenvalue weighted by molar-refractivity contribution is 9.10. The molecule has 0 fully saturated rings. The minimum Gasteiger partial charge on any atom is -0.369 e. The van der Waals surface area contributed by atoms with Gasteiger partial charge in [0.2, 0.25) is 0 Å². The van der Waals surface area contributed by atoms with Gasteiger partial charge in [0, 0.05) is 18.3 Å². The number of halogens is 1. The molecule has 4 heteroatoms. The number of benzene rings is 1. The van der Waals surface area contributed by atoms with Gasteiger partial charge in [0.25, 0.3) is 0 Å². The van der Waals surface area contributed by atoms with Crippen molar-refractivity contribution in [1.82, 2.24) is 9.97 Å². The van der Waals surface area contributed by atoms with Crippen LogP contribution in [0.2, 0.25) is 0 Å². The second kappa shape index (κ2) is 5.48. The zero-order valence-electron chi connectivity index (χ0n) is 10.8. The van der Waals surface area contributed by atoms with E-state index in [1.165, 1.54) is 11.1 Å². The molecule has 0 bridgehead atoms. The molecule has 0 saturated heterocycles. The van der Waals surface area contributed by atoms with Crippen LogP contribution in [0.1, 0.15) is 18.1 Å². The minimum atomic E-state index is 0.756. The lowest BCUT2D eigenvalue weighted by molar-refractivity contribution is 1.10. The number of aromatic nitrogens is 2. The summed E-state index contributed by atoms with van der Waals surface area (Å²) in [7, 11) is 0. The van der Waals surface area contributed by atoms with Crippen LogP contribution in [0.15, 0.2) is 28.9 Å². The lowest BCUT2D eigenvalue weighted by Crippen LogP contribution is -2.02. The van der Waals surface area contributed by atoms with Gasteiger partial charge in [-0.25, -0.2) is 9.97 Å². The first-order valence-electron chi connectivity index (χ1n) is 5.96. The quantitative estimate of drug-likeness (QED) is 0.933. The van der Waals surface area contributed by atoms with Crippen LogP contribution in [0.3, 0.4) is 0 Å². The zero-order chi connectivity index (χ0) is 13.1. The first-order chi connectivity index (χ1) is 8.61. The normalized spacial score (nSPS) is 10.4. The summed E-state index contributed by atoms with van der Waals surface area (Å²) in [6.45, 7) is 7.05. The van der Waals surface area contributed by atoms with Gasteiger partial charge in [-0.1, -0.05) is 23.8 Å². The van der Waals surface area contributed by atoms with E-state index in [0.717, 1.165) is 28.2 Å². The van der Waals surface area contributed by atoms with E-state index in [1.807, 2.05) is 6.92 Å². The first kappa shape index (κ1) is 13.0. The molecule has 0 aliphatic heterocycles. The smallest absolute Gasteiger partial charge is 0.161 e. The molecule has 0 spiro atoms. The maximum atomic E-state index is 4.55. The van der Waals surface area contributed by atoms with Crippen molar-refractivity contribution in [3.63, 3.8) is 0 Å². The Morgan fingerprint density at radius 3 is 2.72 bits per heavy atom. The van der Waals surface area contributed by atoms with Gasteiger partial charge in [-0.2, -0.15) is 0 Å². The second-order valence-electron chi connectivity index (χ2n) is 4.24. The molecular weight excluding hydrogens is 290 g/mol. The summed E-state index contributed by atoms with van der Waals surface area (Å²) in [5.41, 5.74) is 3.52. The number of nitrogens with zero attached hydrogens (tertiary/aromatic N) is 2. The van der Waals surface area contributed by atoms with Crippen molar-refractivity contribution >= 4 is 21.7 Å². The third kappa shape index (κ3) is 2.70. The molecule has 0 radical (unpaired) electrons. The molecule has 2 rings (SSSR count). The van der Waals surface area contributed by atoms with Gasteiger partial charge in [-0.3, -0.25) is 0 Å². The van der Waals surface area contributed by atoms with Gasteiger partial charge in [0.05, 0.1) is 4.47 Å². The maximum Gasteiger partial charge on any atom is 0.161 e. The highest BCUT2D eigenvalue weighted by Crippen LogP contribution is 2.25. The van der Waals surface area contributed by atoms with Crippen LogP contribution in [-0.2, 0) is 0 Å². The van der Waals surface area contributed by atoms with Crippen molar-refractivity contribution in [3.8, 4) is 11.4 Å². The summed E-state index contributed by atoms with van der Waals surface area (Å²) in [5, 5.41) is 3.22. The van der Waals surface area contributed by atoms with E-state index in [1.54, 1.807) is 6.20 Å². The van der Waals surface area contributed by atoms with Gasteiger partial charge >= 0.3 is 0 Å². The molecule has 0 aliphatic carbocycles. The molecule has 3 nitrogen and oxygen atoms in total. The van der Waals surface area contributed by atoms with Gasteiger partial charge in [-0.05, 0) is 42.3 Å². The molecule has 0 atom stereocenters. The highest BCUT2D eigenvalue weighted by Gasteiger charge is 2.08. The van der Waals surface area contributed by atoms with Crippen molar-refractivity contribution in [1.29, 1.82) is 0 Å². The Morgan fingerprint density at radius 2 is 2.06 bits per heavy atom. The van der Waals surface area contributed by atoms with E-state index >= 15 is 0 Å². The summed E-state index contributed by atoms with van der Waals surface area (Å²) >= 11 is 3.45. The molecule has 0 saturated carbocycles. The van der Waals surface area contributed by atoms with Crippen LogP contribution in [0.5, 0.6) is 0 Å². The fraction of sp³-hybridized carbons (Fsp3) is 0.286. The lowest BCUT2D eigenvalue weighted by Gasteiger charge is -2.09. The molecule has 2 aromatic rings. The predicted molar refractivity (Wildman–Crippen MR) is 78.8 cm³/mol. The summed E-state index contributed by atoms with van der Waals surface area (Å²) < 4.78 is 0.887. The van der Waals surface area contributed by atoms with Gasteiger partial charge in [0.15, 0.2) is 5.82 Å². The first-order valence-corrected chi connectivity index (χ1v) is 6.75. The third-order valence-corrected chi connectivity index (χ3v) is 3.29. The van der Waals surface area contributed by atoms with E-state index in [-0.39, 0.29) is 0 Å². The molecule has 18 heavy (non-hydrogen) atoms. The molecule has 1 heterocycles. The topological polar surface area (TPSA) is 37.8 Å². The van der Waals surface area contributed by atoms with Crippen molar-refractivity contribution < 1.29 is 0 Å². The summed E-state index contributed by atoms with van der Waals surface area (Å²) in [4.78, 5) is 8.94.